The normalized spacial score (nSPS) is 13.7. The van der Waals surface area contributed by atoms with Crippen molar-refractivity contribution in [1.29, 1.82) is 0 Å². The number of tetrazole rings is 1. The van der Waals surface area contributed by atoms with Crippen LogP contribution in [0.2, 0.25) is 0 Å². The van der Waals surface area contributed by atoms with E-state index in [0.29, 0.717) is 41.2 Å². The second kappa shape index (κ2) is 8.11. The van der Waals surface area contributed by atoms with Gasteiger partial charge in [0.1, 0.15) is 0 Å². The summed E-state index contributed by atoms with van der Waals surface area (Å²) in [6.07, 6.45) is 5.52. The molecule has 0 amide bonds. The topological polar surface area (TPSA) is 134 Å². The van der Waals surface area contributed by atoms with Crippen molar-refractivity contribution in [2.24, 2.45) is 0 Å². The van der Waals surface area contributed by atoms with E-state index in [-0.39, 0.29) is 29.8 Å². The third kappa shape index (κ3) is 3.36. The van der Waals surface area contributed by atoms with Gasteiger partial charge in [-0.1, -0.05) is 13.8 Å². The van der Waals surface area contributed by atoms with Crippen molar-refractivity contribution in [2.45, 2.75) is 45.3 Å². The second-order valence-corrected chi connectivity index (χ2v) is 7.10. The Kier molecular flexibility index (Phi) is 5.36. The largest absolute Gasteiger partial charge is 0.394 e. The molecule has 2 atom stereocenters. The maximum absolute atomic E-state index is 13.2. The first-order valence-electron chi connectivity index (χ1n) is 9.80. The molecule has 0 aliphatic carbocycles. The van der Waals surface area contributed by atoms with Gasteiger partial charge in [0.05, 0.1) is 59.7 Å². The van der Waals surface area contributed by atoms with Crippen LogP contribution in [0.3, 0.4) is 0 Å². The standard InChI is InChI=1S/C19H22N8O3/c1-3-12(7-27-23-9-22-24-27)25-10-20-16-6-15-17(5-14(16)18(25)29)21-11-26(19(15)30)13(4-2)8-28/h5-6,9-13,28H,3-4,7-8H2,1-2H3/t12-,13?/m1/s1. The summed E-state index contributed by atoms with van der Waals surface area (Å²) in [7, 11) is 0. The minimum atomic E-state index is -0.346. The van der Waals surface area contributed by atoms with Crippen LogP contribution < -0.4 is 11.1 Å². The molecule has 11 heteroatoms. The molecule has 4 aromatic rings. The van der Waals surface area contributed by atoms with Gasteiger partial charge in [0.25, 0.3) is 11.1 Å². The Hall–Kier alpha value is -3.47. The molecule has 4 rings (SSSR count). The van der Waals surface area contributed by atoms with Crippen LogP contribution in [0.1, 0.15) is 38.8 Å². The van der Waals surface area contributed by atoms with E-state index in [9.17, 15) is 14.7 Å². The number of aromatic nitrogens is 8. The lowest BCUT2D eigenvalue weighted by Crippen LogP contribution is -2.29. The van der Waals surface area contributed by atoms with Crippen LogP contribution in [-0.4, -0.2) is 51.0 Å². The summed E-state index contributed by atoms with van der Waals surface area (Å²) >= 11 is 0. The van der Waals surface area contributed by atoms with Crippen molar-refractivity contribution < 1.29 is 5.11 Å². The van der Waals surface area contributed by atoms with Gasteiger partial charge in [-0.05, 0) is 30.2 Å². The number of hydrogen-bond acceptors (Lipinski definition) is 8. The van der Waals surface area contributed by atoms with Gasteiger partial charge in [0.2, 0.25) is 0 Å². The molecule has 3 aromatic heterocycles. The van der Waals surface area contributed by atoms with E-state index in [4.69, 9.17) is 0 Å². The summed E-state index contributed by atoms with van der Waals surface area (Å²) in [5.41, 5.74) is 0.351. The Morgan fingerprint density at radius 1 is 0.933 bits per heavy atom. The third-order valence-corrected chi connectivity index (χ3v) is 5.39. The highest BCUT2D eigenvalue weighted by Crippen LogP contribution is 2.18. The Balaban J connectivity index is 1.84. The highest BCUT2D eigenvalue weighted by molar-refractivity contribution is 5.93. The van der Waals surface area contributed by atoms with E-state index in [1.807, 2.05) is 13.8 Å². The second-order valence-electron chi connectivity index (χ2n) is 7.10. The van der Waals surface area contributed by atoms with Crippen LogP contribution in [0.25, 0.3) is 21.8 Å². The molecule has 0 aliphatic heterocycles. The van der Waals surface area contributed by atoms with E-state index in [1.54, 1.807) is 16.7 Å². The number of aliphatic hydroxyl groups excluding tert-OH is 1. The summed E-state index contributed by atoms with van der Waals surface area (Å²) in [4.78, 5) is 36.3. The van der Waals surface area contributed by atoms with Gasteiger partial charge in [-0.25, -0.2) is 9.97 Å². The van der Waals surface area contributed by atoms with Crippen LogP contribution in [0.4, 0.5) is 0 Å². The Bertz CT molecular complexity index is 1290. The van der Waals surface area contributed by atoms with E-state index in [2.05, 4.69) is 25.4 Å². The van der Waals surface area contributed by atoms with Crippen LogP contribution in [0.15, 0.2) is 40.7 Å². The lowest BCUT2D eigenvalue weighted by atomic mass is 10.1. The zero-order valence-corrected chi connectivity index (χ0v) is 16.7. The van der Waals surface area contributed by atoms with Gasteiger partial charge in [0, 0.05) is 0 Å². The molecular weight excluding hydrogens is 388 g/mol. The van der Waals surface area contributed by atoms with Crippen molar-refractivity contribution in [3.05, 3.63) is 51.8 Å². The Morgan fingerprint density at radius 2 is 1.50 bits per heavy atom. The van der Waals surface area contributed by atoms with Gasteiger partial charge in [-0.3, -0.25) is 18.7 Å². The molecule has 0 bridgehead atoms. The first-order valence-corrected chi connectivity index (χ1v) is 9.80. The Labute approximate surface area is 170 Å². The number of nitrogens with zero attached hydrogens (tertiary/aromatic N) is 8. The molecule has 1 N–H and O–H groups in total. The van der Waals surface area contributed by atoms with E-state index >= 15 is 0 Å². The summed E-state index contributed by atoms with van der Waals surface area (Å²) in [6.45, 7) is 4.09. The quantitative estimate of drug-likeness (QED) is 0.440. The average molecular weight is 410 g/mol. The fraction of sp³-hybridized carbons (Fsp3) is 0.421. The highest BCUT2D eigenvalue weighted by Gasteiger charge is 2.17. The molecule has 0 fully saturated rings. The molecule has 0 spiro atoms. The molecule has 0 saturated heterocycles. The molecule has 1 aromatic carbocycles. The smallest absolute Gasteiger partial charge is 0.261 e. The molecule has 30 heavy (non-hydrogen) atoms. The number of benzene rings is 1. The zero-order valence-electron chi connectivity index (χ0n) is 16.7. The lowest BCUT2D eigenvalue weighted by Gasteiger charge is -2.18. The van der Waals surface area contributed by atoms with E-state index in [1.165, 1.54) is 28.3 Å². The van der Waals surface area contributed by atoms with Gasteiger partial charge >= 0.3 is 0 Å². The highest BCUT2D eigenvalue weighted by atomic mass is 16.3. The van der Waals surface area contributed by atoms with Gasteiger partial charge in [-0.15, -0.1) is 10.2 Å². The fourth-order valence-electron chi connectivity index (χ4n) is 3.57. The van der Waals surface area contributed by atoms with Crippen molar-refractivity contribution in [2.75, 3.05) is 6.61 Å². The number of aliphatic hydroxyl groups is 1. The number of hydrogen-bond donors (Lipinski definition) is 1. The van der Waals surface area contributed by atoms with Crippen molar-refractivity contribution in [3.63, 3.8) is 0 Å². The minimum Gasteiger partial charge on any atom is -0.394 e. The molecule has 0 radical (unpaired) electrons. The summed E-state index contributed by atoms with van der Waals surface area (Å²) in [6, 6.07) is 2.64. The molecule has 1 unspecified atom stereocenters. The maximum Gasteiger partial charge on any atom is 0.261 e. The first-order chi connectivity index (χ1) is 14.6. The van der Waals surface area contributed by atoms with Crippen molar-refractivity contribution in [1.82, 2.24) is 39.3 Å². The van der Waals surface area contributed by atoms with Gasteiger partial charge in [-0.2, -0.15) is 4.80 Å². The fourth-order valence-corrected chi connectivity index (χ4v) is 3.57. The average Bonchev–Trinajstić information content (AvgIpc) is 3.27. The first kappa shape index (κ1) is 19.8. The predicted octanol–water partition coefficient (Wildman–Crippen LogP) is 0.688. The summed E-state index contributed by atoms with van der Waals surface area (Å²) < 4.78 is 2.98. The molecular formula is C19H22N8O3. The summed E-state index contributed by atoms with van der Waals surface area (Å²) in [5.74, 6) is 0. The minimum absolute atomic E-state index is 0.154. The van der Waals surface area contributed by atoms with Gasteiger partial charge in [0.15, 0.2) is 6.33 Å². The molecule has 11 nitrogen and oxygen atoms in total. The van der Waals surface area contributed by atoms with Crippen molar-refractivity contribution in [3.8, 4) is 0 Å². The summed E-state index contributed by atoms with van der Waals surface area (Å²) in [5, 5.41) is 21.8. The van der Waals surface area contributed by atoms with Crippen LogP contribution >= 0.6 is 0 Å². The van der Waals surface area contributed by atoms with E-state index < -0.39 is 0 Å². The third-order valence-electron chi connectivity index (χ3n) is 5.39. The van der Waals surface area contributed by atoms with Crippen LogP contribution in [0, 0.1) is 0 Å². The predicted molar refractivity (Wildman–Crippen MR) is 109 cm³/mol. The van der Waals surface area contributed by atoms with Crippen molar-refractivity contribution >= 4 is 21.8 Å². The van der Waals surface area contributed by atoms with Gasteiger partial charge < -0.3 is 5.11 Å². The molecule has 0 saturated carbocycles. The lowest BCUT2D eigenvalue weighted by molar-refractivity contribution is 0.221. The van der Waals surface area contributed by atoms with Crippen LogP contribution in [0.5, 0.6) is 0 Å². The monoisotopic (exact) mass is 410 g/mol. The van der Waals surface area contributed by atoms with Crippen LogP contribution in [-0.2, 0) is 6.54 Å². The maximum atomic E-state index is 13.2. The SMILES string of the molecule is CCC(CO)n1cnc2cc3c(=O)n([C@H](CC)Cn4ncnn4)cnc3cc2c1=O. The van der Waals surface area contributed by atoms with E-state index in [0.717, 1.165) is 0 Å². The molecule has 0 aliphatic rings. The number of fused-ring (bicyclic) bond motifs is 2. The molecule has 156 valence electrons. The number of rotatable bonds is 7. The Morgan fingerprint density at radius 3 is 1.97 bits per heavy atom. The zero-order chi connectivity index (χ0) is 21.3. The molecule has 3 heterocycles.